The molecule has 0 saturated heterocycles. The molecule has 0 unspecified atom stereocenters. The third-order valence-electron chi connectivity index (χ3n) is 3.79. The minimum Gasteiger partial charge on any atom is -0.357 e. The Labute approximate surface area is 158 Å². The standard InChI is InChI=1S/C18H30N4.HI/c1-5-19-17(20-11-12-21-18(2,3)4)22-13-10-15-8-6-7-9-16(15)14-22;/h6-9,21H,5,10-14H2,1-4H3,(H,19,20);1H. The van der Waals surface area contributed by atoms with Crippen LogP contribution in [0.3, 0.4) is 0 Å². The lowest BCUT2D eigenvalue weighted by Gasteiger charge is -2.31. The fraction of sp³-hybridized carbons (Fsp3) is 0.611. The average Bonchev–Trinajstić information content (AvgIpc) is 2.49. The van der Waals surface area contributed by atoms with Crippen molar-refractivity contribution < 1.29 is 0 Å². The second-order valence-electron chi connectivity index (χ2n) is 6.85. The Bertz CT molecular complexity index is 508. The quantitative estimate of drug-likeness (QED) is 0.334. The molecule has 1 aromatic rings. The van der Waals surface area contributed by atoms with Crippen molar-refractivity contribution in [2.75, 3.05) is 26.2 Å². The molecule has 0 saturated carbocycles. The highest BCUT2D eigenvalue weighted by atomic mass is 127. The third-order valence-corrected chi connectivity index (χ3v) is 3.79. The number of benzene rings is 1. The molecule has 5 heteroatoms. The Morgan fingerprint density at radius 1 is 1.22 bits per heavy atom. The maximum Gasteiger partial charge on any atom is 0.194 e. The van der Waals surface area contributed by atoms with Crippen LogP contribution < -0.4 is 10.6 Å². The Hall–Kier alpha value is -0.820. The molecule has 0 aliphatic carbocycles. The molecule has 1 aliphatic rings. The van der Waals surface area contributed by atoms with Crippen molar-refractivity contribution in [2.45, 2.75) is 46.2 Å². The molecule has 0 aromatic heterocycles. The maximum absolute atomic E-state index is 4.78. The van der Waals surface area contributed by atoms with Crippen LogP contribution in [-0.4, -0.2) is 42.6 Å². The van der Waals surface area contributed by atoms with Crippen LogP contribution >= 0.6 is 24.0 Å². The zero-order valence-electron chi connectivity index (χ0n) is 14.9. The van der Waals surface area contributed by atoms with Crippen LogP contribution in [0, 0.1) is 0 Å². The summed E-state index contributed by atoms with van der Waals surface area (Å²) in [5.41, 5.74) is 3.05. The number of halogens is 1. The van der Waals surface area contributed by atoms with Crippen LogP contribution in [0.5, 0.6) is 0 Å². The maximum atomic E-state index is 4.78. The second kappa shape index (κ2) is 9.47. The van der Waals surface area contributed by atoms with Crippen LogP contribution in [-0.2, 0) is 13.0 Å². The number of hydrogen-bond donors (Lipinski definition) is 2. The number of hydrogen-bond acceptors (Lipinski definition) is 2. The highest BCUT2D eigenvalue weighted by Gasteiger charge is 2.18. The minimum absolute atomic E-state index is 0. The van der Waals surface area contributed by atoms with Gasteiger partial charge in [-0.05, 0) is 45.2 Å². The fourth-order valence-electron chi connectivity index (χ4n) is 2.70. The van der Waals surface area contributed by atoms with Crippen molar-refractivity contribution in [1.29, 1.82) is 0 Å². The highest BCUT2D eigenvalue weighted by molar-refractivity contribution is 14.0. The van der Waals surface area contributed by atoms with E-state index in [2.05, 4.69) is 67.5 Å². The van der Waals surface area contributed by atoms with Gasteiger partial charge in [0.15, 0.2) is 5.96 Å². The summed E-state index contributed by atoms with van der Waals surface area (Å²) in [6.07, 6.45) is 1.10. The second-order valence-corrected chi connectivity index (χ2v) is 6.85. The molecule has 130 valence electrons. The predicted octanol–water partition coefficient (Wildman–Crippen LogP) is 3.02. The minimum atomic E-state index is 0. The van der Waals surface area contributed by atoms with E-state index in [4.69, 9.17) is 4.99 Å². The molecule has 0 atom stereocenters. The van der Waals surface area contributed by atoms with Crippen molar-refractivity contribution in [3.05, 3.63) is 35.4 Å². The van der Waals surface area contributed by atoms with E-state index in [1.165, 1.54) is 11.1 Å². The Morgan fingerprint density at radius 2 is 1.91 bits per heavy atom. The molecule has 4 nitrogen and oxygen atoms in total. The first-order valence-corrected chi connectivity index (χ1v) is 8.34. The van der Waals surface area contributed by atoms with E-state index in [0.29, 0.717) is 0 Å². The van der Waals surface area contributed by atoms with E-state index < -0.39 is 0 Å². The van der Waals surface area contributed by atoms with Gasteiger partial charge in [-0.2, -0.15) is 0 Å². The Morgan fingerprint density at radius 3 is 2.57 bits per heavy atom. The molecule has 0 spiro atoms. The molecule has 23 heavy (non-hydrogen) atoms. The van der Waals surface area contributed by atoms with Gasteiger partial charge in [-0.1, -0.05) is 24.3 Å². The van der Waals surface area contributed by atoms with Crippen LogP contribution in [0.2, 0.25) is 0 Å². The summed E-state index contributed by atoms with van der Waals surface area (Å²) in [6, 6.07) is 8.72. The Balaban J connectivity index is 0.00000264. The zero-order chi connectivity index (χ0) is 16.0. The van der Waals surface area contributed by atoms with Crippen molar-refractivity contribution in [1.82, 2.24) is 15.5 Å². The smallest absolute Gasteiger partial charge is 0.194 e. The van der Waals surface area contributed by atoms with Crippen molar-refractivity contribution in [3.8, 4) is 0 Å². The summed E-state index contributed by atoms with van der Waals surface area (Å²) >= 11 is 0. The number of guanidine groups is 1. The SMILES string of the molecule is CCNC(=NCCNC(C)(C)C)N1CCc2ccccc2C1.I. The molecular weight excluding hydrogens is 399 g/mol. The van der Waals surface area contributed by atoms with Gasteiger partial charge in [-0.25, -0.2) is 0 Å². The van der Waals surface area contributed by atoms with Crippen LogP contribution in [0.25, 0.3) is 0 Å². The largest absolute Gasteiger partial charge is 0.357 e. The average molecular weight is 430 g/mol. The third kappa shape index (κ3) is 6.67. The monoisotopic (exact) mass is 430 g/mol. The van der Waals surface area contributed by atoms with Crippen LogP contribution in [0.4, 0.5) is 0 Å². The number of fused-ring (bicyclic) bond motifs is 1. The van der Waals surface area contributed by atoms with Gasteiger partial charge in [0, 0.05) is 31.7 Å². The van der Waals surface area contributed by atoms with Gasteiger partial charge in [-0.15, -0.1) is 24.0 Å². The summed E-state index contributed by atoms with van der Waals surface area (Å²) in [5.74, 6) is 1.03. The molecule has 1 heterocycles. The number of nitrogens with zero attached hydrogens (tertiary/aromatic N) is 2. The number of aliphatic imine (C=N–C) groups is 1. The predicted molar refractivity (Wildman–Crippen MR) is 110 cm³/mol. The fourth-order valence-corrected chi connectivity index (χ4v) is 2.70. The van der Waals surface area contributed by atoms with E-state index >= 15 is 0 Å². The Kier molecular flexibility index (Phi) is 8.33. The summed E-state index contributed by atoms with van der Waals surface area (Å²) in [5, 5.41) is 6.91. The van der Waals surface area contributed by atoms with E-state index in [9.17, 15) is 0 Å². The first kappa shape index (κ1) is 20.2. The molecule has 0 radical (unpaired) electrons. The van der Waals surface area contributed by atoms with Crippen molar-refractivity contribution in [3.63, 3.8) is 0 Å². The molecule has 2 rings (SSSR count). The molecule has 2 N–H and O–H groups in total. The summed E-state index contributed by atoms with van der Waals surface area (Å²) < 4.78 is 0. The number of nitrogens with one attached hydrogen (secondary N) is 2. The van der Waals surface area contributed by atoms with Gasteiger partial charge in [0.2, 0.25) is 0 Å². The first-order valence-electron chi connectivity index (χ1n) is 8.34. The van der Waals surface area contributed by atoms with Crippen molar-refractivity contribution >= 4 is 29.9 Å². The summed E-state index contributed by atoms with van der Waals surface area (Å²) in [4.78, 5) is 7.15. The molecule has 0 bridgehead atoms. The molecule has 0 fully saturated rings. The van der Waals surface area contributed by atoms with Gasteiger partial charge in [-0.3, -0.25) is 4.99 Å². The van der Waals surface area contributed by atoms with Gasteiger partial charge in [0.25, 0.3) is 0 Å². The molecule has 0 amide bonds. The molecular formula is C18H31IN4. The lowest BCUT2D eigenvalue weighted by Crippen LogP contribution is -2.44. The molecule has 1 aromatic carbocycles. The topological polar surface area (TPSA) is 39.7 Å². The number of rotatable bonds is 4. The normalized spacial score (nSPS) is 15.0. The van der Waals surface area contributed by atoms with E-state index in [1.54, 1.807) is 0 Å². The first-order chi connectivity index (χ1) is 10.5. The van der Waals surface area contributed by atoms with Gasteiger partial charge in [0.1, 0.15) is 0 Å². The van der Waals surface area contributed by atoms with Crippen LogP contribution in [0.1, 0.15) is 38.8 Å². The summed E-state index contributed by atoms with van der Waals surface area (Å²) in [7, 11) is 0. The highest BCUT2D eigenvalue weighted by Crippen LogP contribution is 2.18. The lowest BCUT2D eigenvalue weighted by molar-refractivity contribution is 0.377. The van der Waals surface area contributed by atoms with Crippen molar-refractivity contribution in [2.24, 2.45) is 4.99 Å². The molecule has 1 aliphatic heterocycles. The van der Waals surface area contributed by atoms with E-state index in [-0.39, 0.29) is 29.5 Å². The van der Waals surface area contributed by atoms with Gasteiger partial charge in [0.05, 0.1) is 6.54 Å². The van der Waals surface area contributed by atoms with Crippen LogP contribution in [0.15, 0.2) is 29.3 Å². The zero-order valence-corrected chi connectivity index (χ0v) is 17.2. The lowest BCUT2D eigenvalue weighted by atomic mass is 10.0. The van der Waals surface area contributed by atoms with E-state index in [1.807, 2.05) is 0 Å². The van der Waals surface area contributed by atoms with E-state index in [0.717, 1.165) is 45.1 Å². The van der Waals surface area contributed by atoms with Gasteiger partial charge < -0.3 is 15.5 Å². The summed E-state index contributed by atoms with van der Waals surface area (Å²) in [6.45, 7) is 13.3. The van der Waals surface area contributed by atoms with Gasteiger partial charge >= 0.3 is 0 Å².